The lowest BCUT2D eigenvalue weighted by molar-refractivity contribution is -0.126. The summed E-state index contributed by atoms with van der Waals surface area (Å²) in [4.78, 5) is 43.3. The number of hydrogen-bond donors (Lipinski definition) is 1. The van der Waals surface area contributed by atoms with E-state index >= 15 is 8.78 Å². The van der Waals surface area contributed by atoms with Gasteiger partial charge in [0.15, 0.2) is 5.65 Å². The molecule has 1 aliphatic heterocycles. The number of aliphatic hydroxyl groups is 1. The molecule has 4 heterocycles. The second kappa shape index (κ2) is 11.5. The first-order valence-electron chi connectivity index (χ1n) is 13.8. The first-order valence-corrected chi connectivity index (χ1v) is 15.3. The Morgan fingerprint density at radius 3 is 2.58 bits per heavy atom. The number of carbonyl (C=O) groups is 1. The summed E-state index contributed by atoms with van der Waals surface area (Å²) in [6.07, 6.45) is 2.91. The van der Waals surface area contributed by atoms with Gasteiger partial charge in [0.2, 0.25) is 5.91 Å². The zero-order chi connectivity index (χ0) is 31.2. The first kappa shape index (κ1) is 30.4. The number of carbonyl (C=O) groups excluding carboxylic acids is 1. The Labute approximate surface area is 249 Å². The molecule has 1 unspecified atom stereocenters. The maximum absolute atomic E-state index is 16.2. The van der Waals surface area contributed by atoms with Crippen LogP contribution in [0.3, 0.4) is 0 Å². The van der Waals surface area contributed by atoms with E-state index in [1.807, 2.05) is 25.4 Å². The topological polar surface area (TPSA) is 104 Å². The van der Waals surface area contributed by atoms with Crippen molar-refractivity contribution in [2.75, 3.05) is 31.2 Å². The molecule has 0 spiro atoms. The van der Waals surface area contributed by atoms with Crippen molar-refractivity contribution < 1.29 is 18.7 Å². The smallest absolute Gasteiger partial charge is 0.355 e. The number of anilines is 1. The molecule has 1 fully saturated rings. The van der Waals surface area contributed by atoms with Crippen molar-refractivity contribution in [3.8, 4) is 16.9 Å². The number of aryl methyl sites for hydroxylation is 1. The van der Waals surface area contributed by atoms with Crippen LogP contribution in [0.4, 0.5) is 14.6 Å². The van der Waals surface area contributed by atoms with Crippen molar-refractivity contribution in [2.45, 2.75) is 39.3 Å². The lowest BCUT2D eigenvalue weighted by Gasteiger charge is -2.40. The summed E-state index contributed by atoms with van der Waals surface area (Å²) in [6.45, 7) is 13.2. The number of fused-ring (bicyclic) bond motifs is 1. The minimum atomic E-state index is -1.52. The molecule has 224 valence electrons. The molecule has 0 aliphatic carbocycles. The Morgan fingerprint density at radius 1 is 1.19 bits per heavy atom. The monoisotopic (exact) mass is 606 g/mol. The Balaban J connectivity index is 1.85. The van der Waals surface area contributed by atoms with E-state index < -0.39 is 22.9 Å². The van der Waals surface area contributed by atoms with Crippen LogP contribution in [0.1, 0.15) is 31.9 Å². The quantitative estimate of drug-likeness (QED) is 0.263. The van der Waals surface area contributed by atoms with Gasteiger partial charge in [0, 0.05) is 37.4 Å². The molecule has 12 heteroatoms. The zero-order valence-corrected chi connectivity index (χ0v) is 25.7. The number of benzene rings is 1. The largest absolute Gasteiger partial charge is 0.386 e. The van der Waals surface area contributed by atoms with Crippen LogP contribution in [0, 0.1) is 18.6 Å². The molecule has 3 aromatic heterocycles. The number of aromatic nitrogens is 4. The van der Waals surface area contributed by atoms with Crippen LogP contribution >= 0.6 is 8.58 Å². The standard InChI is InChI=1S/C31H33F2N6O3P/c1-7-23(40)37-13-14-38(18(3)16-37)27-19-15-22(33)25(24-20(31(4,5)42)9-8-10-21(24)32)35-28(19)39(30(41)36-27)26-17(2)11-12-34-29(26)43-6/h7-12,15,18,42-43H,1,13-14,16H2,2-6H3/t18-/m0/s1. The summed E-state index contributed by atoms with van der Waals surface area (Å²) in [5.74, 6) is -1.60. The van der Waals surface area contributed by atoms with Gasteiger partial charge >= 0.3 is 5.69 Å². The van der Waals surface area contributed by atoms with Crippen LogP contribution in [0.15, 0.2) is 54.0 Å². The number of hydrogen-bond acceptors (Lipinski definition) is 7. The molecule has 0 bridgehead atoms. The Hall–Kier alpha value is -4.08. The summed E-state index contributed by atoms with van der Waals surface area (Å²) in [5.41, 5.74) is -0.643. The van der Waals surface area contributed by atoms with Gasteiger partial charge in [0.25, 0.3) is 0 Å². The van der Waals surface area contributed by atoms with Gasteiger partial charge < -0.3 is 14.9 Å². The summed E-state index contributed by atoms with van der Waals surface area (Å²) in [6, 6.07) is 6.83. The van der Waals surface area contributed by atoms with Crippen molar-refractivity contribution in [2.24, 2.45) is 0 Å². The average Bonchev–Trinajstić information content (AvgIpc) is 2.96. The number of rotatable bonds is 6. The van der Waals surface area contributed by atoms with Crippen LogP contribution in [0.5, 0.6) is 0 Å². The maximum atomic E-state index is 16.2. The molecule has 5 rings (SSSR count). The van der Waals surface area contributed by atoms with Gasteiger partial charge in [0.05, 0.1) is 22.1 Å². The van der Waals surface area contributed by atoms with Gasteiger partial charge in [-0.05, 0) is 69.8 Å². The highest BCUT2D eigenvalue weighted by Gasteiger charge is 2.32. The molecule has 1 aliphatic rings. The molecule has 2 atom stereocenters. The molecule has 43 heavy (non-hydrogen) atoms. The molecule has 1 saturated heterocycles. The summed E-state index contributed by atoms with van der Waals surface area (Å²) < 4.78 is 32.9. The van der Waals surface area contributed by atoms with Gasteiger partial charge in [0.1, 0.15) is 23.1 Å². The SMILES string of the molecule is C=CC(=O)N1CCN(c2nc(=O)n(-c3c(C)ccnc3PC)c3nc(-c4c(F)cccc4C(C)(C)O)c(F)cc23)[C@@H](C)C1. The maximum Gasteiger partial charge on any atom is 0.355 e. The molecule has 0 radical (unpaired) electrons. The van der Waals surface area contributed by atoms with E-state index in [-0.39, 0.29) is 54.2 Å². The summed E-state index contributed by atoms with van der Waals surface area (Å²) in [7, 11) is 0.217. The van der Waals surface area contributed by atoms with Crippen LogP contribution < -0.4 is 16.0 Å². The van der Waals surface area contributed by atoms with Crippen molar-refractivity contribution in [3.05, 3.63) is 82.4 Å². The second-order valence-corrected chi connectivity index (χ2v) is 12.0. The van der Waals surface area contributed by atoms with E-state index in [2.05, 4.69) is 21.5 Å². The molecule has 0 saturated carbocycles. The normalized spacial score (nSPS) is 16.0. The fourth-order valence-corrected chi connectivity index (χ4v) is 6.34. The van der Waals surface area contributed by atoms with Gasteiger partial charge in [-0.25, -0.2) is 23.1 Å². The third-order valence-electron chi connectivity index (χ3n) is 7.68. The fourth-order valence-electron chi connectivity index (χ4n) is 5.59. The van der Waals surface area contributed by atoms with Gasteiger partial charge in [-0.1, -0.05) is 27.3 Å². The van der Waals surface area contributed by atoms with Crippen LogP contribution in [-0.4, -0.2) is 67.8 Å². The predicted octanol–water partition coefficient (Wildman–Crippen LogP) is 3.81. The highest BCUT2D eigenvalue weighted by Crippen LogP contribution is 2.37. The van der Waals surface area contributed by atoms with E-state index in [1.165, 1.54) is 48.8 Å². The lowest BCUT2D eigenvalue weighted by atomic mass is 9.91. The van der Waals surface area contributed by atoms with E-state index in [9.17, 15) is 14.7 Å². The number of halogens is 2. The third kappa shape index (κ3) is 5.43. The zero-order valence-electron chi connectivity index (χ0n) is 24.7. The van der Waals surface area contributed by atoms with Crippen molar-refractivity contribution in [3.63, 3.8) is 0 Å². The minimum Gasteiger partial charge on any atom is -0.386 e. The Kier molecular flexibility index (Phi) is 8.15. The van der Waals surface area contributed by atoms with Gasteiger partial charge in [-0.2, -0.15) is 4.98 Å². The minimum absolute atomic E-state index is 0.0729. The van der Waals surface area contributed by atoms with Crippen molar-refractivity contribution >= 4 is 36.8 Å². The Bertz CT molecular complexity index is 1820. The highest BCUT2D eigenvalue weighted by atomic mass is 31.1. The molecule has 4 aromatic rings. The highest BCUT2D eigenvalue weighted by molar-refractivity contribution is 7.46. The van der Waals surface area contributed by atoms with E-state index in [4.69, 9.17) is 0 Å². The summed E-state index contributed by atoms with van der Waals surface area (Å²) >= 11 is 0. The van der Waals surface area contributed by atoms with Crippen LogP contribution in [0.25, 0.3) is 28.0 Å². The van der Waals surface area contributed by atoms with Gasteiger partial charge in [-0.3, -0.25) is 9.78 Å². The average molecular weight is 607 g/mol. The number of amides is 1. The molecule has 1 aromatic carbocycles. The van der Waals surface area contributed by atoms with Gasteiger partial charge in [-0.15, -0.1) is 0 Å². The third-order valence-corrected chi connectivity index (χ3v) is 8.52. The number of pyridine rings is 2. The molecular formula is C31H33F2N6O3P. The van der Waals surface area contributed by atoms with E-state index in [0.29, 0.717) is 30.8 Å². The fraction of sp³-hybridized carbons (Fsp3) is 0.323. The predicted molar refractivity (Wildman–Crippen MR) is 166 cm³/mol. The molecule has 1 amide bonds. The molecule has 1 N–H and O–H groups in total. The number of nitrogens with zero attached hydrogens (tertiary/aromatic N) is 6. The van der Waals surface area contributed by atoms with E-state index in [0.717, 1.165) is 5.56 Å². The van der Waals surface area contributed by atoms with Crippen molar-refractivity contribution in [1.29, 1.82) is 0 Å². The molecular weight excluding hydrogens is 573 g/mol. The van der Waals surface area contributed by atoms with Crippen LogP contribution in [-0.2, 0) is 10.4 Å². The van der Waals surface area contributed by atoms with E-state index in [1.54, 1.807) is 17.2 Å². The molecule has 9 nitrogen and oxygen atoms in total. The number of piperazine rings is 1. The lowest BCUT2D eigenvalue weighted by Crippen LogP contribution is -2.54. The first-order chi connectivity index (χ1) is 20.4. The van der Waals surface area contributed by atoms with Crippen molar-refractivity contribution in [1.82, 2.24) is 24.4 Å². The second-order valence-electron chi connectivity index (χ2n) is 11.1. The van der Waals surface area contributed by atoms with Crippen LogP contribution in [0.2, 0.25) is 0 Å². The summed E-state index contributed by atoms with van der Waals surface area (Å²) in [5, 5.41) is 11.1. The Morgan fingerprint density at radius 2 is 1.93 bits per heavy atom.